The van der Waals surface area contributed by atoms with E-state index in [1.807, 2.05) is 12.1 Å². The summed E-state index contributed by atoms with van der Waals surface area (Å²) >= 11 is 0. The van der Waals surface area contributed by atoms with E-state index in [0.29, 0.717) is 29.7 Å². The zero-order chi connectivity index (χ0) is 19.8. The van der Waals surface area contributed by atoms with Crippen molar-refractivity contribution < 1.29 is 9.47 Å². The normalized spacial score (nSPS) is 16.4. The minimum atomic E-state index is 0.353. The van der Waals surface area contributed by atoms with E-state index >= 15 is 0 Å². The molecule has 2 rings (SSSR count). The van der Waals surface area contributed by atoms with Gasteiger partial charge in [0.05, 0.1) is 12.7 Å². The third-order valence-corrected chi connectivity index (χ3v) is 4.61. The number of nitriles is 1. The van der Waals surface area contributed by atoms with E-state index in [9.17, 15) is 5.26 Å². The van der Waals surface area contributed by atoms with Crippen molar-refractivity contribution >= 4 is 5.90 Å². The molecule has 144 valence electrons. The topological polar surface area (TPSA) is 57.9 Å². The number of benzene rings is 1. The van der Waals surface area contributed by atoms with Gasteiger partial charge in [0.25, 0.3) is 0 Å². The largest absolute Gasteiger partial charge is 0.495 e. The number of rotatable bonds is 7. The Labute approximate surface area is 162 Å². The van der Waals surface area contributed by atoms with Gasteiger partial charge in [-0.3, -0.25) is 0 Å². The molecule has 1 atom stereocenters. The van der Waals surface area contributed by atoms with Crippen molar-refractivity contribution in [1.82, 2.24) is 4.90 Å². The van der Waals surface area contributed by atoms with Crippen LogP contribution in [-0.2, 0) is 11.3 Å². The van der Waals surface area contributed by atoms with Crippen molar-refractivity contribution in [3.05, 3.63) is 53.0 Å². The van der Waals surface area contributed by atoms with Crippen LogP contribution in [0.3, 0.4) is 0 Å². The monoisotopic (exact) mass is 367 g/mol. The fraction of sp³-hybridized carbons (Fsp3) is 0.455. The molecule has 1 aromatic carbocycles. The van der Waals surface area contributed by atoms with Gasteiger partial charge in [0, 0.05) is 18.3 Å². The van der Waals surface area contributed by atoms with Gasteiger partial charge in [-0.05, 0) is 43.0 Å². The molecule has 1 unspecified atom stereocenters. The molecule has 0 bridgehead atoms. The summed E-state index contributed by atoms with van der Waals surface area (Å²) in [5, 5.41) is 9.22. The number of hydrogen-bond donors (Lipinski definition) is 0. The van der Waals surface area contributed by atoms with Crippen LogP contribution in [0.4, 0.5) is 0 Å². The van der Waals surface area contributed by atoms with Gasteiger partial charge in [-0.2, -0.15) is 10.3 Å². The van der Waals surface area contributed by atoms with Gasteiger partial charge in [-0.25, -0.2) is 0 Å². The Morgan fingerprint density at radius 3 is 2.74 bits per heavy atom. The lowest BCUT2D eigenvalue weighted by Crippen LogP contribution is -2.29. The molecule has 1 aliphatic rings. The smallest absolute Gasteiger partial charge is 0.217 e. The van der Waals surface area contributed by atoms with Crippen molar-refractivity contribution in [3.8, 4) is 11.8 Å². The molecular weight excluding hydrogens is 338 g/mol. The van der Waals surface area contributed by atoms with Gasteiger partial charge in [0.15, 0.2) is 0 Å². The lowest BCUT2D eigenvalue weighted by atomic mass is 10.1. The van der Waals surface area contributed by atoms with Gasteiger partial charge < -0.3 is 14.4 Å². The fourth-order valence-electron chi connectivity index (χ4n) is 2.82. The third-order valence-electron chi connectivity index (χ3n) is 4.61. The molecule has 0 amide bonds. The van der Waals surface area contributed by atoms with Crippen LogP contribution < -0.4 is 4.74 Å². The molecule has 5 heteroatoms. The summed E-state index contributed by atoms with van der Waals surface area (Å²) in [7, 11) is 1.56. The number of hydrogen-bond acceptors (Lipinski definition) is 5. The lowest BCUT2D eigenvalue weighted by Gasteiger charge is -2.31. The van der Waals surface area contributed by atoms with Crippen molar-refractivity contribution in [2.75, 3.05) is 13.7 Å². The molecule has 27 heavy (non-hydrogen) atoms. The van der Waals surface area contributed by atoms with E-state index in [2.05, 4.69) is 44.7 Å². The summed E-state index contributed by atoms with van der Waals surface area (Å²) < 4.78 is 11.1. The minimum Gasteiger partial charge on any atom is -0.495 e. The first-order valence-electron chi connectivity index (χ1n) is 9.46. The van der Waals surface area contributed by atoms with Gasteiger partial charge in [-0.15, -0.1) is 0 Å². The van der Waals surface area contributed by atoms with Crippen LogP contribution in [0.25, 0.3) is 0 Å². The Balaban J connectivity index is 2.14. The zero-order valence-corrected chi connectivity index (χ0v) is 17.0. The number of nitrogens with zero attached hydrogens (tertiary/aromatic N) is 3. The molecule has 1 heterocycles. The average Bonchev–Trinajstić information content (AvgIpc) is 2.68. The van der Waals surface area contributed by atoms with E-state index in [0.717, 1.165) is 36.5 Å². The summed E-state index contributed by atoms with van der Waals surface area (Å²) in [6.45, 7) is 9.96. The average molecular weight is 367 g/mol. The SMILES string of the molecule is CC/C=C1/N=C(OCc2ccc(OC)c(C#N)c2)C=C(C)N1CC(C)CC. The summed E-state index contributed by atoms with van der Waals surface area (Å²) in [5.74, 6) is 2.71. The van der Waals surface area contributed by atoms with E-state index in [-0.39, 0.29) is 0 Å². The maximum Gasteiger partial charge on any atom is 0.217 e. The molecule has 1 aliphatic heterocycles. The molecule has 0 radical (unpaired) electrons. The molecule has 1 aromatic rings. The highest BCUT2D eigenvalue weighted by molar-refractivity contribution is 5.90. The van der Waals surface area contributed by atoms with Crippen LogP contribution in [0.1, 0.15) is 51.7 Å². The van der Waals surface area contributed by atoms with Gasteiger partial charge in [0.1, 0.15) is 24.2 Å². The third kappa shape index (κ3) is 5.37. The quantitative estimate of drug-likeness (QED) is 0.680. The molecule has 0 saturated carbocycles. The predicted molar refractivity (Wildman–Crippen MR) is 108 cm³/mol. The fourth-order valence-corrected chi connectivity index (χ4v) is 2.82. The Morgan fingerprint density at radius 1 is 1.33 bits per heavy atom. The van der Waals surface area contributed by atoms with Gasteiger partial charge >= 0.3 is 0 Å². The number of ether oxygens (including phenoxy) is 2. The Hall–Kier alpha value is -2.74. The van der Waals surface area contributed by atoms with E-state index in [4.69, 9.17) is 14.5 Å². The van der Waals surface area contributed by atoms with Gasteiger partial charge in [0.2, 0.25) is 5.90 Å². The second-order valence-corrected chi connectivity index (χ2v) is 6.77. The highest BCUT2D eigenvalue weighted by Crippen LogP contribution is 2.24. The van der Waals surface area contributed by atoms with E-state index in [1.54, 1.807) is 19.2 Å². The highest BCUT2D eigenvalue weighted by Gasteiger charge is 2.19. The van der Waals surface area contributed by atoms with Crippen LogP contribution in [0.5, 0.6) is 5.75 Å². The predicted octanol–water partition coefficient (Wildman–Crippen LogP) is 5.00. The van der Waals surface area contributed by atoms with Crippen LogP contribution in [0.2, 0.25) is 0 Å². The zero-order valence-electron chi connectivity index (χ0n) is 17.0. The maximum atomic E-state index is 9.22. The summed E-state index contributed by atoms with van der Waals surface area (Å²) in [6.07, 6.45) is 6.16. The number of allylic oxidation sites excluding steroid dienone is 2. The molecule has 0 N–H and O–H groups in total. The van der Waals surface area contributed by atoms with Crippen LogP contribution >= 0.6 is 0 Å². The first-order chi connectivity index (χ1) is 13.0. The number of aliphatic imine (C=N–C) groups is 1. The minimum absolute atomic E-state index is 0.353. The molecule has 0 fully saturated rings. The molecule has 5 nitrogen and oxygen atoms in total. The molecule has 0 aliphatic carbocycles. The first-order valence-corrected chi connectivity index (χ1v) is 9.46. The number of methoxy groups -OCH3 is 1. The van der Waals surface area contributed by atoms with E-state index in [1.165, 1.54) is 0 Å². The molecule has 0 spiro atoms. The van der Waals surface area contributed by atoms with Crippen molar-refractivity contribution in [1.29, 1.82) is 5.26 Å². The maximum absolute atomic E-state index is 9.22. The summed E-state index contributed by atoms with van der Waals surface area (Å²) in [4.78, 5) is 6.95. The molecule has 0 aromatic heterocycles. The van der Waals surface area contributed by atoms with Crippen LogP contribution in [-0.4, -0.2) is 24.5 Å². The Morgan fingerprint density at radius 2 is 2.11 bits per heavy atom. The lowest BCUT2D eigenvalue weighted by molar-refractivity contribution is 0.283. The Bertz CT molecular complexity index is 787. The highest BCUT2D eigenvalue weighted by atomic mass is 16.5. The first kappa shape index (κ1) is 20.6. The second-order valence-electron chi connectivity index (χ2n) is 6.77. The van der Waals surface area contributed by atoms with Crippen LogP contribution in [0, 0.1) is 17.2 Å². The van der Waals surface area contributed by atoms with Crippen molar-refractivity contribution in [2.24, 2.45) is 10.9 Å². The second kappa shape index (κ2) is 9.82. The summed E-state index contributed by atoms with van der Waals surface area (Å²) in [5.41, 5.74) is 2.54. The Kier molecular flexibility index (Phi) is 7.48. The summed E-state index contributed by atoms with van der Waals surface area (Å²) in [6, 6.07) is 7.62. The van der Waals surface area contributed by atoms with Crippen molar-refractivity contribution in [2.45, 2.75) is 47.1 Å². The van der Waals surface area contributed by atoms with Crippen LogP contribution in [0.15, 0.2) is 46.9 Å². The van der Waals surface area contributed by atoms with E-state index < -0.39 is 0 Å². The molecular formula is C22H29N3O2. The van der Waals surface area contributed by atoms with Crippen molar-refractivity contribution in [3.63, 3.8) is 0 Å². The van der Waals surface area contributed by atoms with Gasteiger partial charge in [-0.1, -0.05) is 33.3 Å². The standard InChI is InChI=1S/C22H29N3O2/c1-6-8-21-24-22(11-17(4)25(21)14-16(3)7-2)27-15-18-9-10-20(26-5)19(12-18)13-23/h8-12,16H,6-7,14-15H2,1-5H3/b21-8-. The molecule has 0 saturated heterocycles.